The number of nitrogens with zero attached hydrogens (tertiary/aromatic N) is 3. The van der Waals surface area contributed by atoms with Crippen molar-refractivity contribution in [3.8, 4) is 5.75 Å². The van der Waals surface area contributed by atoms with E-state index in [1.165, 1.54) is 0 Å². The second-order valence-electron chi connectivity index (χ2n) is 6.66. The first-order valence-electron chi connectivity index (χ1n) is 9.56. The van der Waals surface area contributed by atoms with Gasteiger partial charge in [-0.15, -0.1) is 24.0 Å². The standard InChI is InChI=1S/C21H30ClN5O.HI/c1-4-23-21(24-11-10-17-8-9-20(22)25-15-17)26-16-18-6-5-7-19(14-18)28-13-12-27(2)3;/h5-9,14-15H,4,10-13,16H2,1-3H3,(H2,23,24,26);1H. The zero-order valence-corrected chi connectivity index (χ0v) is 20.4. The van der Waals surface area contributed by atoms with Crippen LogP contribution in [0.25, 0.3) is 0 Å². The summed E-state index contributed by atoms with van der Waals surface area (Å²) in [6.45, 7) is 5.77. The number of nitrogens with one attached hydrogen (secondary N) is 2. The first-order valence-corrected chi connectivity index (χ1v) is 9.93. The summed E-state index contributed by atoms with van der Waals surface area (Å²) in [6.07, 6.45) is 2.65. The van der Waals surface area contributed by atoms with Gasteiger partial charge in [-0.2, -0.15) is 0 Å². The highest BCUT2D eigenvalue weighted by Crippen LogP contribution is 2.14. The van der Waals surface area contributed by atoms with Gasteiger partial charge >= 0.3 is 0 Å². The number of hydrogen-bond donors (Lipinski definition) is 2. The molecular formula is C21H31ClIN5O. The predicted molar refractivity (Wildman–Crippen MR) is 132 cm³/mol. The van der Waals surface area contributed by atoms with Gasteiger partial charge in [0.25, 0.3) is 0 Å². The van der Waals surface area contributed by atoms with Gasteiger partial charge in [-0.05, 0) is 56.8 Å². The fourth-order valence-corrected chi connectivity index (χ4v) is 2.58. The van der Waals surface area contributed by atoms with Crippen molar-refractivity contribution in [2.75, 3.05) is 40.3 Å². The highest BCUT2D eigenvalue weighted by molar-refractivity contribution is 14.0. The second kappa shape index (κ2) is 14.4. The van der Waals surface area contributed by atoms with E-state index in [-0.39, 0.29) is 24.0 Å². The van der Waals surface area contributed by atoms with Gasteiger partial charge < -0.3 is 20.3 Å². The molecule has 0 spiro atoms. The molecule has 29 heavy (non-hydrogen) atoms. The third-order valence-electron chi connectivity index (χ3n) is 3.96. The van der Waals surface area contributed by atoms with Gasteiger partial charge in [-0.1, -0.05) is 29.8 Å². The quantitative estimate of drug-likeness (QED) is 0.212. The smallest absolute Gasteiger partial charge is 0.191 e. The van der Waals surface area contributed by atoms with Gasteiger partial charge in [0.1, 0.15) is 17.5 Å². The van der Waals surface area contributed by atoms with Crippen LogP contribution in [0, 0.1) is 0 Å². The van der Waals surface area contributed by atoms with E-state index in [0.717, 1.165) is 48.9 Å². The third-order valence-corrected chi connectivity index (χ3v) is 4.19. The minimum absolute atomic E-state index is 0. The Labute approximate surface area is 196 Å². The van der Waals surface area contributed by atoms with Gasteiger partial charge in [0.2, 0.25) is 0 Å². The first-order chi connectivity index (χ1) is 13.6. The Morgan fingerprint density at radius 3 is 2.69 bits per heavy atom. The van der Waals surface area contributed by atoms with E-state index in [1.807, 2.05) is 44.4 Å². The third kappa shape index (κ3) is 10.7. The molecule has 2 aromatic rings. The molecule has 0 aliphatic carbocycles. The molecule has 1 heterocycles. The molecule has 0 atom stereocenters. The lowest BCUT2D eigenvalue weighted by Crippen LogP contribution is -2.38. The Balaban J connectivity index is 0.00000420. The van der Waals surface area contributed by atoms with Gasteiger partial charge in [0.05, 0.1) is 6.54 Å². The van der Waals surface area contributed by atoms with Crippen LogP contribution >= 0.6 is 35.6 Å². The zero-order valence-electron chi connectivity index (χ0n) is 17.3. The van der Waals surface area contributed by atoms with Crippen molar-refractivity contribution >= 4 is 41.5 Å². The number of ether oxygens (including phenoxy) is 1. The number of rotatable bonds is 10. The maximum absolute atomic E-state index is 5.82. The van der Waals surface area contributed by atoms with Gasteiger partial charge in [-0.3, -0.25) is 0 Å². The molecule has 0 unspecified atom stereocenters. The molecular weight excluding hydrogens is 501 g/mol. The van der Waals surface area contributed by atoms with E-state index in [4.69, 9.17) is 16.3 Å². The molecule has 0 amide bonds. The normalized spacial score (nSPS) is 11.1. The number of aromatic nitrogens is 1. The molecule has 1 aromatic heterocycles. The van der Waals surface area contributed by atoms with E-state index < -0.39 is 0 Å². The van der Waals surface area contributed by atoms with Gasteiger partial charge in [0.15, 0.2) is 5.96 Å². The number of benzene rings is 1. The number of guanidine groups is 1. The summed E-state index contributed by atoms with van der Waals surface area (Å²) in [5.74, 6) is 1.67. The van der Waals surface area contributed by atoms with Crippen LogP contribution in [-0.2, 0) is 13.0 Å². The van der Waals surface area contributed by atoms with Crippen LogP contribution in [0.4, 0.5) is 0 Å². The number of aliphatic imine (C=N–C) groups is 1. The maximum Gasteiger partial charge on any atom is 0.191 e. The monoisotopic (exact) mass is 531 g/mol. The van der Waals surface area contributed by atoms with Crippen molar-refractivity contribution in [2.45, 2.75) is 19.9 Å². The number of hydrogen-bond acceptors (Lipinski definition) is 4. The van der Waals surface area contributed by atoms with E-state index in [9.17, 15) is 0 Å². The number of halogens is 2. The average molecular weight is 532 g/mol. The van der Waals surface area contributed by atoms with Crippen LogP contribution in [0.3, 0.4) is 0 Å². The fourth-order valence-electron chi connectivity index (χ4n) is 2.47. The summed E-state index contributed by atoms with van der Waals surface area (Å²) in [4.78, 5) is 10.9. The van der Waals surface area contributed by atoms with Gasteiger partial charge in [0, 0.05) is 25.8 Å². The summed E-state index contributed by atoms with van der Waals surface area (Å²) in [5, 5.41) is 7.15. The summed E-state index contributed by atoms with van der Waals surface area (Å²) in [5.41, 5.74) is 2.25. The molecule has 2 rings (SSSR count). The van der Waals surface area contributed by atoms with Crippen molar-refractivity contribution in [3.05, 3.63) is 58.9 Å². The SMILES string of the molecule is CCNC(=NCc1cccc(OCCN(C)C)c1)NCCc1ccc(Cl)nc1.I. The van der Waals surface area contributed by atoms with Crippen molar-refractivity contribution in [1.29, 1.82) is 0 Å². The highest BCUT2D eigenvalue weighted by atomic mass is 127. The molecule has 0 saturated heterocycles. The van der Waals surface area contributed by atoms with Crippen molar-refractivity contribution < 1.29 is 4.74 Å². The molecule has 0 aliphatic heterocycles. The van der Waals surface area contributed by atoms with Crippen LogP contribution in [0.1, 0.15) is 18.1 Å². The van der Waals surface area contributed by atoms with Crippen LogP contribution < -0.4 is 15.4 Å². The Morgan fingerprint density at radius 2 is 2.00 bits per heavy atom. The van der Waals surface area contributed by atoms with E-state index in [2.05, 4.69) is 38.5 Å². The first kappa shape index (κ1) is 25.5. The summed E-state index contributed by atoms with van der Waals surface area (Å²) < 4.78 is 5.80. The van der Waals surface area contributed by atoms with Crippen LogP contribution in [0.2, 0.25) is 5.15 Å². The van der Waals surface area contributed by atoms with Crippen LogP contribution in [0.15, 0.2) is 47.6 Å². The topological polar surface area (TPSA) is 61.8 Å². The van der Waals surface area contributed by atoms with E-state index in [0.29, 0.717) is 18.3 Å². The number of likely N-dealkylation sites (N-methyl/N-ethyl adjacent to an activating group) is 1. The van der Waals surface area contributed by atoms with Gasteiger partial charge in [-0.25, -0.2) is 9.98 Å². The maximum atomic E-state index is 5.82. The Hall–Kier alpha value is -1.58. The highest BCUT2D eigenvalue weighted by Gasteiger charge is 2.01. The van der Waals surface area contributed by atoms with Crippen LogP contribution in [-0.4, -0.2) is 56.2 Å². The summed E-state index contributed by atoms with van der Waals surface area (Å²) in [6, 6.07) is 11.9. The molecule has 0 bridgehead atoms. The lowest BCUT2D eigenvalue weighted by Gasteiger charge is -2.12. The average Bonchev–Trinajstić information content (AvgIpc) is 2.68. The van der Waals surface area contributed by atoms with E-state index in [1.54, 1.807) is 6.20 Å². The molecule has 1 aromatic carbocycles. The molecule has 6 nitrogen and oxygen atoms in total. The van der Waals surface area contributed by atoms with Crippen molar-refractivity contribution in [3.63, 3.8) is 0 Å². The zero-order chi connectivity index (χ0) is 20.2. The minimum Gasteiger partial charge on any atom is -0.492 e. The van der Waals surface area contributed by atoms with Crippen molar-refractivity contribution in [1.82, 2.24) is 20.5 Å². The second-order valence-corrected chi connectivity index (χ2v) is 7.05. The summed E-state index contributed by atoms with van der Waals surface area (Å²) >= 11 is 5.82. The molecule has 0 aliphatic rings. The summed E-state index contributed by atoms with van der Waals surface area (Å²) in [7, 11) is 4.07. The Bertz CT molecular complexity index is 740. The lowest BCUT2D eigenvalue weighted by atomic mass is 10.2. The molecule has 2 N–H and O–H groups in total. The molecule has 0 saturated carbocycles. The van der Waals surface area contributed by atoms with E-state index >= 15 is 0 Å². The van der Waals surface area contributed by atoms with Crippen LogP contribution in [0.5, 0.6) is 5.75 Å². The van der Waals surface area contributed by atoms with Crippen molar-refractivity contribution in [2.24, 2.45) is 4.99 Å². The minimum atomic E-state index is 0. The number of pyridine rings is 1. The lowest BCUT2D eigenvalue weighted by molar-refractivity contribution is 0.261. The molecule has 0 fully saturated rings. The Kier molecular flexibility index (Phi) is 12.6. The fraction of sp³-hybridized carbons (Fsp3) is 0.429. The largest absolute Gasteiger partial charge is 0.492 e. The molecule has 8 heteroatoms. The Morgan fingerprint density at radius 1 is 1.17 bits per heavy atom. The molecule has 160 valence electrons. The predicted octanol–water partition coefficient (Wildman–Crippen LogP) is 3.59. The molecule has 0 radical (unpaired) electrons.